The number of imidazole rings is 1. The van der Waals surface area contributed by atoms with Gasteiger partial charge in [0, 0.05) is 33.7 Å². The molecule has 0 atom stereocenters. The third-order valence-electron chi connectivity index (χ3n) is 8.77. The number of anilines is 3. The average Bonchev–Trinajstić information content (AvgIpc) is 3.54. The summed E-state index contributed by atoms with van der Waals surface area (Å²) in [5.74, 6) is 0.955. The molecule has 0 aliphatic heterocycles. The van der Waals surface area contributed by atoms with Gasteiger partial charge in [-0.05, 0) is 82.9 Å². The van der Waals surface area contributed by atoms with Crippen LogP contribution in [0.3, 0.4) is 0 Å². The van der Waals surface area contributed by atoms with E-state index in [1.165, 1.54) is 22.3 Å². The number of para-hydroxylation sites is 3. The minimum atomic E-state index is -0.148. The normalized spacial score (nSPS) is 13.1. The van der Waals surface area contributed by atoms with Gasteiger partial charge in [-0.25, -0.2) is 4.98 Å². The van der Waals surface area contributed by atoms with Gasteiger partial charge >= 0.3 is 0 Å². The van der Waals surface area contributed by atoms with Crippen molar-refractivity contribution in [2.75, 3.05) is 4.90 Å². The first-order valence-electron chi connectivity index (χ1n) is 14.8. The Morgan fingerprint density at radius 1 is 0.535 bits per heavy atom. The Morgan fingerprint density at radius 3 is 1.72 bits per heavy atom. The van der Waals surface area contributed by atoms with Crippen molar-refractivity contribution >= 4 is 28.1 Å². The summed E-state index contributed by atoms with van der Waals surface area (Å²) in [4.78, 5) is 7.58. The Morgan fingerprint density at radius 2 is 1.09 bits per heavy atom. The zero-order chi connectivity index (χ0) is 29.0. The topological polar surface area (TPSA) is 21.1 Å². The molecule has 6 aromatic carbocycles. The lowest BCUT2D eigenvalue weighted by molar-refractivity contribution is 0.661. The third-order valence-corrected chi connectivity index (χ3v) is 8.77. The van der Waals surface area contributed by atoms with Crippen LogP contribution in [0.1, 0.15) is 25.0 Å². The van der Waals surface area contributed by atoms with Crippen molar-refractivity contribution in [3.05, 3.63) is 163 Å². The highest BCUT2D eigenvalue weighted by atomic mass is 15.1. The SMILES string of the molecule is CC1(C)c2ccc(N(c3ccccc3)c3ccccc3)cc2-c2cc3c(cc21)nc(-c1ccccc1)n3-c1ccccc1. The van der Waals surface area contributed by atoms with Crippen LogP contribution in [0, 0.1) is 0 Å². The summed E-state index contributed by atoms with van der Waals surface area (Å²) in [7, 11) is 0. The molecule has 1 aliphatic carbocycles. The van der Waals surface area contributed by atoms with E-state index in [1.807, 2.05) is 0 Å². The molecule has 1 heterocycles. The van der Waals surface area contributed by atoms with E-state index in [4.69, 9.17) is 4.98 Å². The van der Waals surface area contributed by atoms with Crippen LogP contribution in [-0.4, -0.2) is 9.55 Å². The second-order valence-electron chi connectivity index (χ2n) is 11.7. The highest BCUT2D eigenvalue weighted by Gasteiger charge is 2.37. The zero-order valence-electron chi connectivity index (χ0n) is 24.3. The van der Waals surface area contributed by atoms with Gasteiger partial charge in [-0.3, -0.25) is 4.57 Å². The summed E-state index contributed by atoms with van der Waals surface area (Å²) in [5, 5.41) is 0. The first-order chi connectivity index (χ1) is 21.1. The molecule has 0 radical (unpaired) electrons. The van der Waals surface area contributed by atoms with Crippen LogP contribution in [0.25, 0.3) is 39.2 Å². The summed E-state index contributed by atoms with van der Waals surface area (Å²) < 4.78 is 2.31. The van der Waals surface area contributed by atoms with Crippen LogP contribution < -0.4 is 4.90 Å². The molecule has 0 unspecified atom stereocenters. The number of aromatic nitrogens is 2. The highest BCUT2D eigenvalue weighted by molar-refractivity contribution is 5.94. The molecule has 3 nitrogen and oxygen atoms in total. The monoisotopic (exact) mass is 553 g/mol. The van der Waals surface area contributed by atoms with E-state index in [0.717, 1.165) is 45.2 Å². The number of rotatable bonds is 5. The molecule has 7 aromatic rings. The fourth-order valence-corrected chi connectivity index (χ4v) is 6.67. The van der Waals surface area contributed by atoms with Crippen molar-refractivity contribution in [2.45, 2.75) is 19.3 Å². The fraction of sp³-hybridized carbons (Fsp3) is 0.0750. The molecule has 0 bridgehead atoms. The second kappa shape index (κ2) is 9.85. The summed E-state index contributed by atoms with van der Waals surface area (Å²) in [5.41, 5.74) is 12.8. The van der Waals surface area contributed by atoms with Crippen LogP contribution >= 0.6 is 0 Å². The summed E-state index contributed by atoms with van der Waals surface area (Å²) in [6, 6.07) is 53.9. The van der Waals surface area contributed by atoms with E-state index in [9.17, 15) is 0 Å². The maximum absolute atomic E-state index is 5.25. The van der Waals surface area contributed by atoms with Crippen LogP contribution in [0.4, 0.5) is 17.1 Å². The minimum Gasteiger partial charge on any atom is -0.310 e. The summed E-state index contributed by atoms with van der Waals surface area (Å²) >= 11 is 0. The van der Waals surface area contributed by atoms with Crippen molar-refractivity contribution < 1.29 is 0 Å². The van der Waals surface area contributed by atoms with Crippen LogP contribution in [0.15, 0.2) is 152 Å². The number of fused-ring (bicyclic) bond motifs is 4. The predicted octanol–water partition coefficient (Wildman–Crippen LogP) is 10.5. The molecule has 0 saturated carbocycles. The van der Waals surface area contributed by atoms with Crippen molar-refractivity contribution in [1.29, 1.82) is 0 Å². The van der Waals surface area contributed by atoms with E-state index >= 15 is 0 Å². The Hall–Kier alpha value is -5.41. The molecular weight excluding hydrogens is 522 g/mol. The lowest BCUT2D eigenvalue weighted by Crippen LogP contribution is -2.15. The molecule has 43 heavy (non-hydrogen) atoms. The van der Waals surface area contributed by atoms with Gasteiger partial charge < -0.3 is 4.90 Å². The van der Waals surface area contributed by atoms with E-state index in [-0.39, 0.29) is 5.41 Å². The first-order valence-corrected chi connectivity index (χ1v) is 14.8. The molecular formula is C40H31N3. The molecule has 8 rings (SSSR count). The molecule has 0 fully saturated rings. The van der Waals surface area contributed by atoms with Crippen molar-refractivity contribution in [2.24, 2.45) is 0 Å². The van der Waals surface area contributed by atoms with Crippen LogP contribution in [0.2, 0.25) is 0 Å². The fourth-order valence-electron chi connectivity index (χ4n) is 6.67. The Kier molecular flexibility index (Phi) is 5.80. The Balaban J connectivity index is 1.37. The van der Waals surface area contributed by atoms with Gasteiger partial charge in [0.1, 0.15) is 5.82 Å². The second-order valence-corrected chi connectivity index (χ2v) is 11.7. The standard InChI is InChI=1S/C40H31N3/c1-40(2)35-24-23-32(42(29-17-9-4-10-18-29)30-19-11-5-12-20-30)25-33(35)34-26-38-37(27-36(34)40)41-39(28-15-7-3-8-16-28)43(38)31-21-13-6-14-22-31/h3-27H,1-2H3. The zero-order valence-corrected chi connectivity index (χ0v) is 24.3. The van der Waals surface area contributed by atoms with Gasteiger partial charge in [-0.1, -0.05) is 105 Å². The molecule has 1 aliphatic rings. The largest absolute Gasteiger partial charge is 0.310 e. The van der Waals surface area contributed by atoms with E-state index in [2.05, 4.69) is 175 Å². The van der Waals surface area contributed by atoms with Crippen LogP contribution in [0.5, 0.6) is 0 Å². The molecule has 0 saturated heterocycles. The van der Waals surface area contributed by atoms with E-state index < -0.39 is 0 Å². The van der Waals surface area contributed by atoms with Gasteiger partial charge in [0.2, 0.25) is 0 Å². The third kappa shape index (κ3) is 4.08. The van der Waals surface area contributed by atoms with Crippen molar-refractivity contribution in [3.63, 3.8) is 0 Å². The number of benzene rings is 6. The summed E-state index contributed by atoms with van der Waals surface area (Å²) in [6.45, 7) is 4.67. The first kappa shape index (κ1) is 25.3. The minimum absolute atomic E-state index is 0.148. The molecule has 0 amide bonds. The lowest BCUT2D eigenvalue weighted by Gasteiger charge is -2.27. The smallest absolute Gasteiger partial charge is 0.145 e. The van der Waals surface area contributed by atoms with Gasteiger partial charge in [-0.2, -0.15) is 0 Å². The molecule has 0 N–H and O–H groups in total. The van der Waals surface area contributed by atoms with Gasteiger partial charge in [-0.15, -0.1) is 0 Å². The molecule has 3 heteroatoms. The maximum atomic E-state index is 5.25. The van der Waals surface area contributed by atoms with Gasteiger partial charge in [0.05, 0.1) is 11.0 Å². The number of hydrogen-bond acceptors (Lipinski definition) is 2. The molecule has 0 spiro atoms. The number of nitrogens with zero attached hydrogens (tertiary/aromatic N) is 3. The molecule has 206 valence electrons. The summed E-state index contributed by atoms with van der Waals surface area (Å²) in [6.07, 6.45) is 0. The average molecular weight is 554 g/mol. The maximum Gasteiger partial charge on any atom is 0.145 e. The van der Waals surface area contributed by atoms with E-state index in [1.54, 1.807) is 0 Å². The van der Waals surface area contributed by atoms with E-state index in [0.29, 0.717) is 0 Å². The van der Waals surface area contributed by atoms with Gasteiger partial charge in [0.15, 0.2) is 0 Å². The molecule has 1 aromatic heterocycles. The Labute approximate surface area is 252 Å². The lowest BCUT2D eigenvalue weighted by atomic mass is 9.82. The Bertz CT molecular complexity index is 2040. The van der Waals surface area contributed by atoms with Crippen molar-refractivity contribution in [1.82, 2.24) is 9.55 Å². The highest BCUT2D eigenvalue weighted by Crippen LogP contribution is 2.52. The predicted molar refractivity (Wildman–Crippen MR) is 179 cm³/mol. The van der Waals surface area contributed by atoms with Crippen LogP contribution in [-0.2, 0) is 5.41 Å². The van der Waals surface area contributed by atoms with Crippen molar-refractivity contribution in [3.8, 4) is 28.2 Å². The van der Waals surface area contributed by atoms with Gasteiger partial charge in [0.25, 0.3) is 0 Å². The number of hydrogen-bond donors (Lipinski definition) is 0. The quantitative estimate of drug-likeness (QED) is 0.211.